The third-order valence-corrected chi connectivity index (χ3v) is 18.8. The highest BCUT2D eigenvalue weighted by atomic mass is 31.1. The number of nitrogens with one attached hydrogen (secondary N) is 1. The Kier molecular flexibility index (Phi) is 11.8. The molecule has 0 saturated heterocycles. The summed E-state index contributed by atoms with van der Waals surface area (Å²) >= 11 is 0. The number of aliphatic imine (C=N–C) groups is 1. The maximum atomic E-state index is 16.7. The second-order valence-electron chi connectivity index (χ2n) is 22.2. The number of nitrogens with zero attached hydrogens (tertiary/aromatic N) is 3. The maximum absolute atomic E-state index is 16.7. The van der Waals surface area contributed by atoms with E-state index in [1.54, 1.807) is 12.1 Å². The Morgan fingerprint density at radius 3 is 1.88 bits per heavy atom. The van der Waals surface area contributed by atoms with Crippen LogP contribution in [0.2, 0.25) is 0 Å². The van der Waals surface area contributed by atoms with E-state index in [1.165, 1.54) is 12.1 Å². The lowest BCUT2D eigenvalue weighted by molar-refractivity contribution is -0.417. The zero-order valence-corrected chi connectivity index (χ0v) is 46.9. The summed E-state index contributed by atoms with van der Waals surface area (Å²) in [7, 11) is -1.48. The molecule has 0 radical (unpaired) electrons. The van der Waals surface area contributed by atoms with Crippen LogP contribution in [-0.4, -0.2) is 33.5 Å². The summed E-state index contributed by atoms with van der Waals surface area (Å²) in [4.78, 5) is 5.99. The smallest absolute Gasteiger partial charge is 0.224 e. The number of hydrogen-bond acceptors (Lipinski definition) is 2. The van der Waals surface area contributed by atoms with Crippen molar-refractivity contribution >= 4 is 104 Å². The van der Waals surface area contributed by atoms with Gasteiger partial charge in [-0.3, -0.25) is 4.34 Å². The second kappa shape index (κ2) is 19.4. The first-order valence-electron chi connectivity index (χ1n) is 28.1. The van der Waals surface area contributed by atoms with Gasteiger partial charge in [0.25, 0.3) is 0 Å². The third kappa shape index (κ3) is 7.95. The minimum absolute atomic E-state index is 0.281. The first-order chi connectivity index (χ1) is 40.1. The predicted octanol–water partition coefficient (Wildman–Crippen LogP) is 16.8. The van der Waals surface area contributed by atoms with Gasteiger partial charge < -0.3 is 5.09 Å². The van der Waals surface area contributed by atoms with E-state index in [-0.39, 0.29) is 23.5 Å². The molecule has 1 N–H and O–H groups in total. The lowest BCUT2D eigenvalue weighted by Gasteiger charge is -2.37. The van der Waals surface area contributed by atoms with Gasteiger partial charge in [0.05, 0.1) is 36.2 Å². The van der Waals surface area contributed by atoms with Gasteiger partial charge >= 0.3 is 0 Å². The van der Waals surface area contributed by atoms with E-state index in [4.69, 9.17) is 11.6 Å². The summed E-state index contributed by atoms with van der Waals surface area (Å²) in [6.07, 6.45) is 13.3. The molecular weight excluding hydrogens is 1030 g/mol. The molecule has 4 nitrogen and oxygen atoms in total. The fourth-order valence-electron chi connectivity index (χ4n) is 13.7. The molecule has 0 fully saturated rings. The lowest BCUT2D eigenvalue weighted by Crippen LogP contribution is -2.40. The molecule has 8 bridgehead atoms. The van der Waals surface area contributed by atoms with Crippen molar-refractivity contribution in [3.8, 4) is 0 Å². The Morgan fingerprint density at radius 1 is 0.598 bits per heavy atom. The van der Waals surface area contributed by atoms with Crippen molar-refractivity contribution in [1.29, 1.82) is 0 Å². The molecule has 9 aromatic carbocycles. The van der Waals surface area contributed by atoms with Crippen molar-refractivity contribution in [2.75, 3.05) is 13.2 Å². The van der Waals surface area contributed by atoms with Crippen LogP contribution in [0.5, 0.6) is 0 Å². The molecule has 1 aliphatic carbocycles. The molecule has 3 unspecified atom stereocenters. The highest BCUT2D eigenvalue weighted by molar-refractivity contribution is 7.53. The van der Waals surface area contributed by atoms with Gasteiger partial charge in [-0.1, -0.05) is 176 Å². The molecular formula is C75H56F2N4P+. The Labute approximate surface area is 477 Å². The zero-order chi connectivity index (χ0) is 55.5. The van der Waals surface area contributed by atoms with Gasteiger partial charge in [-0.2, -0.15) is 4.58 Å². The van der Waals surface area contributed by atoms with Crippen LogP contribution < -0.4 is 15.5 Å². The van der Waals surface area contributed by atoms with Crippen molar-refractivity contribution in [2.24, 2.45) is 16.8 Å². The fraction of sp³-hybridized carbons (Fsp3) is 0.0933. The monoisotopic (exact) mass is 1080 g/mol. The van der Waals surface area contributed by atoms with Crippen LogP contribution in [0.25, 0.3) is 78.5 Å². The average molecular weight is 1080 g/mol. The van der Waals surface area contributed by atoms with Crippen molar-refractivity contribution in [1.82, 2.24) is 9.42 Å². The SMILES string of the molecule is C=C1/C(c2cccc(F)c2)=C2\C[N+]3=C4C(c5cccc(C)c5)=C(NP(C)n5c(c6cc7ccccc7cc6c5C(c5cccc(F)c5)=C3c3ccc(/C=C\C=C/C)cc34)/N=C(\C)c3cc4ccccc4cc31)C1C=c3ccccc3=CC21. The van der Waals surface area contributed by atoms with Gasteiger partial charge in [-0.25, -0.2) is 13.8 Å². The highest BCUT2D eigenvalue weighted by Crippen LogP contribution is 2.56. The van der Waals surface area contributed by atoms with E-state index in [0.717, 1.165) is 155 Å². The Hall–Kier alpha value is -9.35. The molecule has 3 atom stereocenters. The number of rotatable bonds is 5. The molecule has 7 heteroatoms. The van der Waals surface area contributed by atoms with E-state index in [9.17, 15) is 0 Å². The summed E-state index contributed by atoms with van der Waals surface area (Å²) in [5.41, 5.74) is 18.1. The van der Waals surface area contributed by atoms with Crippen LogP contribution in [0, 0.1) is 30.4 Å². The van der Waals surface area contributed by atoms with Crippen molar-refractivity contribution in [3.63, 3.8) is 0 Å². The number of benzene rings is 9. The molecule has 16 rings (SSSR count). The first kappa shape index (κ1) is 49.7. The fourth-order valence-corrected chi connectivity index (χ4v) is 15.3. The number of hydrogen-bond donors (Lipinski definition) is 1. The van der Waals surface area contributed by atoms with Gasteiger partial charge in [-0.15, -0.1) is 0 Å². The molecule has 0 saturated carbocycles. The van der Waals surface area contributed by atoms with Crippen molar-refractivity contribution in [2.45, 2.75) is 20.8 Å². The van der Waals surface area contributed by atoms with E-state index in [1.807, 2.05) is 31.2 Å². The normalized spacial score (nSPS) is 19.8. The van der Waals surface area contributed by atoms with Crippen molar-refractivity contribution in [3.05, 3.63) is 302 Å². The minimum atomic E-state index is -1.48. The second-order valence-corrected chi connectivity index (χ2v) is 23.9. The lowest BCUT2D eigenvalue weighted by atomic mass is 9.72. The van der Waals surface area contributed by atoms with E-state index in [0.29, 0.717) is 6.54 Å². The Bertz CT molecular complexity index is 4860. The molecule has 1 aromatic heterocycles. The third-order valence-electron chi connectivity index (χ3n) is 17.2. The van der Waals surface area contributed by atoms with Crippen molar-refractivity contribution < 1.29 is 13.4 Å². The minimum Gasteiger partial charge on any atom is -0.350 e. The van der Waals surface area contributed by atoms with Crippen LogP contribution in [-0.2, 0) is 0 Å². The van der Waals surface area contributed by atoms with Crippen LogP contribution in [0.15, 0.2) is 229 Å². The number of fused-ring (bicyclic) bond motifs is 7. The average Bonchev–Trinajstić information content (AvgIpc) is 3.41. The summed E-state index contributed by atoms with van der Waals surface area (Å²) < 4.78 is 38.2. The first-order valence-corrected chi connectivity index (χ1v) is 29.9. The predicted molar refractivity (Wildman–Crippen MR) is 341 cm³/mol. The van der Waals surface area contributed by atoms with Gasteiger partial charge in [-0.05, 0) is 159 Å². The molecule has 6 aliphatic rings. The standard InChI is InChI=1S/C75H55F2N4P/c1-6-7-8-19-47-31-32-59-64(34-47)73-69(54-26-15-18-44(2)33-54)71-63-40-51-23-12-11-22-50(51)39-62(63)67-43-80(73)72(59)70(56-28-17-30-58(77)36-56)74-65-41-52-24-13-14-25-53(52)42-66(65)75(81(74)82(5)79-71)78-46(4)61-38-49-21-10-9-20-48(49)37-60(61)45(3)68(67)55-27-16-29-57(76)35-55/h6-42,62-63H,3,43H2,1-2,4-5H3/p+1/b7-6-,19-8-,68-67-,72-70?,73-69?,78-46+,79-71?. The van der Waals surface area contributed by atoms with Gasteiger partial charge in [0.15, 0.2) is 6.54 Å². The molecule has 0 spiro atoms. The molecule has 0 amide bonds. The molecule has 394 valence electrons. The quantitative estimate of drug-likeness (QED) is 0.104. The number of aryl methyl sites for hydroxylation is 1. The molecule has 82 heavy (non-hydrogen) atoms. The van der Waals surface area contributed by atoms with Gasteiger partial charge in [0.1, 0.15) is 17.5 Å². The Balaban J connectivity index is 1.25. The number of allylic oxidation sites excluding steroid dienone is 7. The summed E-state index contributed by atoms with van der Waals surface area (Å²) in [6, 6.07) is 64.9. The summed E-state index contributed by atoms with van der Waals surface area (Å²) in [5, 5.41) is 13.1. The topological polar surface area (TPSA) is 32.3 Å². The summed E-state index contributed by atoms with van der Waals surface area (Å²) in [5.74, 6) is -0.453. The molecule has 10 aromatic rings. The zero-order valence-electron chi connectivity index (χ0n) is 46.0. The van der Waals surface area contributed by atoms with Crippen LogP contribution in [0.3, 0.4) is 0 Å². The molecule has 5 aliphatic heterocycles. The van der Waals surface area contributed by atoms with Crippen LogP contribution in [0.1, 0.15) is 69.6 Å². The number of aromatic nitrogens is 1. The van der Waals surface area contributed by atoms with Crippen LogP contribution in [0.4, 0.5) is 14.6 Å². The van der Waals surface area contributed by atoms with E-state index < -0.39 is 8.22 Å². The van der Waals surface area contributed by atoms with Gasteiger partial charge in [0, 0.05) is 45.2 Å². The number of halogens is 2. The largest absolute Gasteiger partial charge is 0.350 e. The molecule has 6 heterocycles. The van der Waals surface area contributed by atoms with E-state index >= 15 is 8.78 Å². The maximum Gasteiger partial charge on any atom is 0.224 e. The highest BCUT2D eigenvalue weighted by Gasteiger charge is 2.49. The summed E-state index contributed by atoms with van der Waals surface area (Å²) in [6.45, 7) is 14.2. The van der Waals surface area contributed by atoms with E-state index in [2.05, 4.69) is 210 Å². The van der Waals surface area contributed by atoms with Crippen LogP contribution >= 0.6 is 8.22 Å². The van der Waals surface area contributed by atoms with Gasteiger partial charge in [0.2, 0.25) is 11.4 Å². The Morgan fingerprint density at radius 2 is 1.21 bits per heavy atom.